The highest BCUT2D eigenvalue weighted by atomic mass is 19.1. The first-order valence-corrected chi connectivity index (χ1v) is 11.8. The maximum atomic E-state index is 15.3. The number of ether oxygens (including phenoxy) is 2. The first kappa shape index (κ1) is 24.0. The maximum absolute atomic E-state index is 15.3. The molecule has 1 aliphatic heterocycles. The van der Waals surface area contributed by atoms with Gasteiger partial charge in [-0.2, -0.15) is 0 Å². The van der Waals surface area contributed by atoms with Gasteiger partial charge in [0.15, 0.2) is 0 Å². The van der Waals surface area contributed by atoms with Crippen LogP contribution in [0.4, 0.5) is 14.9 Å². The fraction of sp³-hybridized carbons (Fsp3) is 0.560. The van der Waals surface area contributed by atoms with E-state index in [1.54, 1.807) is 40.0 Å². The van der Waals surface area contributed by atoms with Crippen molar-refractivity contribution in [3.05, 3.63) is 39.9 Å². The van der Waals surface area contributed by atoms with Gasteiger partial charge in [-0.15, -0.1) is 0 Å². The van der Waals surface area contributed by atoms with Gasteiger partial charge in [0.2, 0.25) is 5.43 Å². The smallest absolute Gasteiger partial charge is 0.407 e. The summed E-state index contributed by atoms with van der Waals surface area (Å²) in [6.45, 7) is 10.2. The molecule has 2 aliphatic rings. The lowest BCUT2D eigenvalue weighted by Gasteiger charge is -2.23. The highest BCUT2D eigenvalue weighted by Crippen LogP contribution is 2.38. The quantitative estimate of drug-likeness (QED) is 0.661. The van der Waals surface area contributed by atoms with Crippen molar-refractivity contribution in [2.24, 2.45) is 5.92 Å². The van der Waals surface area contributed by atoms with E-state index in [1.807, 2.05) is 16.4 Å². The lowest BCUT2D eigenvalue weighted by Crippen LogP contribution is -2.42. The number of aromatic nitrogens is 1. The summed E-state index contributed by atoms with van der Waals surface area (Å²) in [6, 6.07) is 2.85. The Morgan fingerprint density at radius 3 is 2.53 bits per heavy atom. The number of benzene rings is 1. The Morgan fingerprint density at radius 1 is 1.21 bits per heavy atom. The Hall–Kier alpha value is -3.10. The van der Waals surface area contributed by atoms with Crippen LogP contribution in [0.25, 0.3) is 10.9 Å². The van der Waals surface area contributed by atoms with Crippen molar-refractivity contribution in [1.82, 2.24) is 9.88 Å². The summed E-state index contributed by atoms with van der Waals surface area (Å²) in [6.07, 6.45) is 2.89. The number of esters is 1. The molecule has 34 heavy (non-hydrogen) atoms. The fourth-order valence-corrected chi connectivity index (χ4v) is 4.42. The van der Waals surface area contributed by atoms with E-state index in [2.05, 4.69) is 5.32 Å². The van der Waals surface area contributed by atoms with Crippen molar-refractivity contribution in [3.8, 4) is 0 Å². The number of carbonyl (C=O) groups is 2. The topological polar surface area (TPSA) is 89.9 Å². The minimum atomic E-state index is -0.697. The molecule has 2 unspecified atom stereocenters. The molecule has 1 N–H and O–H groups in total. The van der Waals surface area contributed by atoms with Gasteiger partial charge in [-0.25, -0.2) is 14.0 Å². The van der Waals surface area contributed by atoms with Gasteiger partial charge in [-0.1, -0.05) is 6.92 Å². The molecule has 1 aliphatic carbocycles. The second-order valence-electron chi connectivity index (χ2n) is 10.2. The number of carbonyl (C=O) groups excluding carboxylic acids is 2. The molecule has 2 fully saturated rings. The van der Waals surface area contributed by atoms with Gasteiger partial charge in [-0.05, 0) is 58.6 Å². The van der Waals surface area contributed by atoms with Gasteiger partial charge in [0.25, 0.3) is 0 Å². The zero-order chi connectivity index (χ0) is 24.8. The van der Waals surface area contributed by atoms with Crippen LogP contribution in [0.2, 0.25) is 0 Å². The van der Waals surface area contributed by atoms with Crippen LogP contribution in [0.5, 0.6) is 0 Å². The van der Waals surface area contributed by atoms with E-state index in [4.69, 9.17) is 9.47 Å². The third kappa shape index (κ3) is 4.88. The third-order valence-corrected chi connectivity index (χ3v) is 6.19. The summed E-state index contributed by atoms with van der Waals surface area (Å²) in [5.41, 5.74) is -0.260. The van der Waals surface area contributed by atoms with Crippen LogP contribution in [0.1, 0.15) is 63.9 Å². The van der Waals surface area contributed by atoms with Crippen LogP contribution < -0.4 is 15.6 Å². The normalized spacial score (nSPS) is 20.5. The molecule has 184 valence electrons. The van der Waals surface area contributed by atoms with E-state index >= 15 is 4.39 Å². The molecular formula is C25H32FN3O5. The standard InChI is InChI=1S/C25H32FN3O5/c1-6-33-23(31)17-12-29(15-7-8-15)20-10-21(18(26)9-16(20)22(17)30)28-11-14(2)19(13-28)27-24(32)34-25(3,4)5/h9-10,12,14-15,19H,6-8,11,13H2,1-5H3,(H,27,32). The van der Waals surface area contributed by atoms with Crippen molar-refractivity contribution in [3.63, 3.8) is 0 Å². The highest BCUT2D eigenvalue weighted by Gasteiger charge is 2.34. The Morgan fingerprint density at radius 2 is 1.91 bits per heavy atom. The van der Waals surface area contributed by atoms with Crippen molar-refractivity contribution in [1.29, 1.82) is 0 Å². The molecule has 1 aromatic carbocycles. The van der Waals surface area contributed by atoms with Crippen molar-refractivity contribution < 1.29 is 23.5 Å². The third-order valence-electron chi connectivity index (χ3n) is 6.19. The predicted octanol–water partition coefficient (Wildman–Crippen LogP) is 4.00. The van der Waals surface area contributed by atoms with E-state index in [1.165, 1.54) is 6.07 Å². The molecule has 2 aromatic rings. The van der Waals surface area contributed by atoms with E-state index in [9.17, 15) is 14.4 Å². The number of hydrogen-bond donors (Lipinski definition) is 1. The maximum Gasteiger partial charge on any atom is 0.407 e. The van der Waals surface area contributed by atoms with Crippen LogP contribution in [0.3, 0.4) is 0 Å². The van der Waals surface area contributed by atoms with Crippen LogP contribution in [-0.2, 0) is 9.47 Å². The minimum absolute atomic E-state index is 0.0689. The minimum Gasteiger partial charge on any atom is -0.462 e. The van der Waals surface area contributed by atoms with Crippen LogP contribution >= 0.6 is 0 Å². The zero-order valence-electron chi connectivity index (χ0n) is 20.3. The molecule has 0 bridgehead atoms. The SMILES string of the molecule is CCOC(=O)c1cn(C2CC2)c2cc(N3CC(C)C(NC(=O)OC(C)(C)C)C3)c(F)cc2c1=O. The molecule has 8 nitrogen and oxygen atoms in total. The van der Waals surface area contributed by atoms with Crippen molar-refractivity contribution in [2.45, 2.75) is 65.1 Å². The first-order valence-electron chi connectivity index (χ1n) is 11.8. The number of fused-ring (bicyclic) bond motifs is 1. The Balaban J connectivity index is 1.67. The molecule has 1 saturated heterocycles. The van der Waals surface area contributed by atoms with E-state index < -0.39 is 28.9 Å². The number of rotatable bonds is 5. The van der Waals surface area contributed by atoms with Gasteiger partial charge in [0, 0.05) is 30.7 Å². The number of halogens is 1. The number of amides is 1. The van der Waals surface area contributed by atoms with Gasteiger partial charge >= 0.3 is 12.1 Å². The average molecular weight is 474 g/mol. The number of pyridine rings is 1. The van der Waals surface area contributed by atoms with E-state index in [0.717, 1.165) is 12.8 Å². The number of anilines is 1. The summed E-state index contributed by atoms with van der Waals surface area (Å²) in [5, 5.41) is 3.05. The number of nitrogens with one attached hydrogen (secondary N) is 1. The van der Waals surface area contributed by atoms with E-state index in [0.29, 0.717) is 24.3 Å². The van der Waals surface area contributed by atoms with E-state index in [-0.39, 0.29) is 35.6 Å². The lowest BCUT2D eigenvalue weighted by atomic mass is 10.1. The average Bonchev–Trinajstić information content (AvgIpc) is 3.51. The predicted molar refractivity (Wildman–Crippen MR) is 127 cm³/mol. The molecule has 2 atom stereocenters. The van der Waals surface area contributed by atoms with Gasteiger partial charge in [-0.3, -0.25) is 4.79 Å². The highest BCUT2D eigenvalue weighted by molar-refractivity contribution is 5.94. The molecule has 9 heteroatoms. The second kappa shape index (κ2) is 8.92. The Labute approximate surface area is 198 Å². The first-order chi connectivity index (χ1) is 16.0. The number of alkyl carbamates (subject to hydrolysis) is 1. The summed E-state index contributed by atoms with van der Waals surface area (Å²) < 4.78 is 27.6. The summed E-state index contributed by atoms with van der Waals surface area (Å²) in [7, 11) is 0. The molecule has 1 amide bonds. The molecule has 0 spiro atoms. The Bertz CT molecular complexity index is 1180. The summed E-state index contributed by atoms with van der Waals surface area (Å²) in [4.78, 5) is 39.5. The molecule has 4 rings (SSSR count). The monoisotopic (exact) mass is 473 g/mol. The second-order valence-corrected chi connectivity index (χ2v) is 10.2. The lowest BCUT2D eigenvalue weighted by molar-refractivity contribution is 0.0495. The molecule has 0 radical (unpaired) electrons. The van der Waals surface area contributed by atoms with Gasteiger partial charge < -0.3 is 24.3 Å². The zero-order valence-corrected chi connectivity index (χ0v) is 20.3. The largest absolute Gasteiger partial charge is 0.462 e. The van der Waals surface area contributed by atoms with Crippen molar-refractivity contribution in [2.75, 3.05) is 24.6 Å². The summed E-state index contributed by atoms with van der Waals surface area (Å²) in [5.74, 6) is -1.17. The Kier molecular flexibility index (Phi) is 6.31. The molecule has 1 saturated carbocycles. The van der Waals surface area contributed by atoms with Crippen LogP contribution in [-0.4, -0.2) is 48.0 Å². The van der Waals surface area contributed by atoms with Crippen LogP contribution in [0, 0.1) is 11.7 Å². The van der Waals surface area contributed by atoms with Crippen LogP contribution in [0.15, 0.2) is 23.1 Å². The summed E-state index contributed by atoms with van der Waals surface area (Å²) >= 11 is 0. The fourth-order valence-electron chi connectivity index (χ4n) is 4.42. The van der Waals surface area contributed by atoms with Gasteiger partial charge in [0.1, 0.15) is 17.0 Å². The number of nitrogens with zero attached hydrogens (tertiary/aromatic N) is 2. The molecule has 1 aromatic heterocycles. The molecular weight excluding hydrogens is 441 g/mol. The molecule has 2 heterocycles. The number of hydrogen-bond acceptors (Lipinski definition) is 6. The van der Waals surface area contributed by atoms with Crippen molar-refractivity contribution >= 4 is 28.7 Å². The van der Waals surface area contributed by atoms with Gasteiger partial charge in [0.05, 0.1) is 23.9 Å².